The summed E-state index contributed by atoms with van der Waals surface area (Å²) >= 11 is 0. The third-order valence-electron chi connectivity index (χ3n) is 3.78. The largest absolute Gasteiger partial charge is 0.381 e. The zero-order valence-electron chi connectivity index (χ0n) is 14.4. The van der Waals surface area contributed by atoms with E-state index in [1.165, 1.54) is 12.8 Å². The number of hydrogen-bond acceptors (Lipinski definition) is 3. The molecule has 1 aromatic carbocycles. The van der Waals surface area contributed by atoms with Crippen molar-refractivity contribution in [2.75, 3.05) is 33.4 Å². The lowest BCUT2D eigenvalue weighted by Crippen LogP contribution is -2.43. The van der Waals surface area contributed by atoms with Crippen LogP contribution in [0, 0.1) is 5.92 Å². The number of benzene rings is 1. The van der Waals surface area contributed by atoms with Crippen LogP contribution in [0.25, 0.3) is 0 Å². The highest BCUT2D eigenvalue weighted by Crippen LogP contribution is 2.28. The van der Waals surface area contributed by atoms with Crippen LogP contribution in [0.5, 0.6) is 0 Å². The average Bonchev–Trinajstić information content (AvgIpc) is 3.44. The van der Waals surface area contributed by atoms with Gasteiger partial charge in [0.2, 0.25) is 5.91 Å². The summed E-state index contributed by atoms with van der Waals surface area (Å²) in [5.74, 6) is 1.38. The van der Waals surface area contributed by atoms with Crippen LogP contribution in [0.2, 0.25) is 0 Å². The lowest BCUT2D eigenvalue weighted by molar-refractivity contribution is -0.120. The molecule has 2 rings (SSSR count). The van der Waals surface area contributed by atoms with Crippen LogP contribution in [0.3, 0.4) is 0 Å². The summed E-state index contributed by atoms with van der Waals surface area (Å²) in [6.45, 7) is 3.17. The Hall–Kier alpha value is -2.08. The maximum atomic E-state index is 11.8. The molecular weight excluding hydrogens is 304 g/mol. The average molecular weight is 332 g/mol. The van der Waals surface area contributed by atoms with Gasteiger partial charge in [-0.2, -0.15) is 0 Å². The van der Waals surface area contributed by atoms with Crippen LogP contribution in [0.1, 0.15) is 24.8 Å². The van der Waals surface area contributed by atoms with Gasteiger partial charge >= 0.3 is 0 Å². The minimum absolute atomic E-state index is 0.0606. The van der Waals surface area contributed by atoms with Gasteiger partial charge in [0.05, 0.1) is 6.54 Å². The summed E-state index contributed by atoms with van der Waals surface area (Å²) in [7, 11) is 1.70. The minimum Gasteiger partial charge on any atom is -0.381 e. The van der Waals surface area contributed by atoms with Crippen molar-refractivity contribution in [1.29, 1.82) is 0 Å². The summed E-state index contributed by atoms with van der Waals surface area (Å²) in [5, 5.41) is 9.07. The van der Waals surface area contributed by atoms with Crippen LogP contribution in [0.4, 0.5) is 0 Å². The predicted octanol–water partition coefficient (Wildman–Crippen LogP) is 1.28. The smallest absolute Gasteiger partial charge is 0.239 e. The molecule has 0 spiro atoms. The molecule has 1 aliphatic rings. The fourth-order valence-electron chi connectivity index (χ4n) is 2.16. The Kier molecular flexibility index (Phi) is 8.10. The molecule has 0 saturated heterocycles. The Bertz CT molecular complexity index is 515. The summed E-state index contributed by atoms with van der Waals surface area (Å²) in [5.41, 5.74) is 1.08. The maximum Gasteiger partial charge on any atom is 0.239 e. The Morgan fingerprint density at radius 1 is 1.21 bits per heavy atom. The first-order valence-electron chi connectivity index (χ1n) is 8.61. The molecule has 1 amide bonds. The molecule has 1 saturated carbocycles. The molecule has 0 atom stereocenters. The topological polar surface area (TPSA) is 74.8 Å². The standard InChI is InChI=1S/C18H28N4O2/c1-19-18(20-10-5-11-24-14-16-8-9-16)22-13-17(23)21-12-15-6-3-2-4-7-15/h2-4,6-7,16H,5,8-14H2,1H3,(H,21,23)(H2,19,20,22). The van der Waals surface area contributed by atoms with E-state index in [4.69, 9.17) is 4.74 Å². The van der Waals surface area contributed by atoms with Crippen molar-refractivity contribution in [3.63, 3.8) is 0 Å². The summed E-state index contributed by atoms with van der Waals surface area (Å²) in [6, 6.07) is 9.85. The van der Waals surface area contributed by atoms with Gasteiger partial charge < -0.3 is 20.7 Å². The van der Waals surface area contributed by atoms with E-state index >= 15 is 0 Å². The molecule has 132 valence electrons. The molecule has 0 aromatic heterocycles. The maximum absolute atomic E-state index is 11.8. The third kappa shape index (κ3) is 7.97. The fourth-order valence-corrected chi connectivity index (χ4v) is 2.16. The van der Waals surface area contributed by atoms with Gasteiger partial charge in [0.25, 0.3) is 0 Å². The molecule has 0 bridgehead atoms. The van der Waals surface area contributed by atoms with Gasteiger partial charge in [-0.1, -0.05) is 30.3 Å². The molecule has 0 radical (unpaired) electrons. The fraction of sp³-hybridized carbons (Fsp3) is 0.556. The number of ether oxygens (including phenoxy) is 1. The number of hydrogen-bond donors (Lipinski definition) is 3. The Balaban J connectivity index is 1.50. The van der Waals surface area contributed by atoms with E-state index in [1.807, 2.05) is 30.3 Å². The first-order valence-corrected chi connectivity index (χ1v) is 8.61. The van der Waals surface area contributed by atoms with Gasteiger partial charge in [-0.25, -0.2) is 0 Å². The van der Waals surface area contributed by atoms with Gasteiger partial charge in [0, 0.05) is 33.4 Å². The van der Waals surface area contributed by atoms with E-state index in [0.29, 0.717) is 12.5 Å². The number of nitrogens with one attached hydrogen (secondary N) is 3. The summed E-state index contributed by atoms with van der Waals surface area (Å²) < 4.78 is 5.58. The van der Waals surface area contributed by atoms with Gasteiger partial charge in [-0.05, 0) is 30.7 Å². The highest BCUT2D eigenvalue weighted by molar-refractivity contribution is 5.86. The zero-order chi connectivity index (χ0) is 17.0. The molecule has 24 heavy (non-hydrogen) atoms. The zero-order valence-corrected chi connectivity index (χ0v) is 14.4. The van der Waals surface area contributed by atoms with Crippen LogP contribution >= 0.6 is 0 Å². The van der Waals surface area contributed by atoms with Gasteiger partial charge in [0.15, 0.2) is 5.96 Å². The second-order valence-corrected chi connectivity index (χ2v) is 5.99. The summed E-state index contributed by atoms with van der Waals surface area (Å²) in [6.07, 6.45) is 3.57. The number of guanidine groups is 1. The SMILES string of the molecule is CN=C(NCCCOCC1CC1)NCC(=O)NCc1ccccc1. The normalized spacial score (nSPS) is 14.3. The van der Waals surface area contributed by atoms with Crippen molar-refractivity contribution in [2.45, 2.75) is 25.8 Å². The van der Waals surface area contributed by atoms with Crippen molar-refractivity contribution >= 4 is 11.9 Å². The van der Waals surface area contributed by atoms with Crippen molar-refractivity contribution in [2.24, 2.45) is 10.9 Å². The molecule has 6 heteroatoms. The lowest BCUT2D eigenvalue weighted by Gasteiger charge is -2.12. The van der Waals surface area contributed by atoms with Crippen molar-refractivity contribution in [3.8, 4) is 0 Å². The second-order valence-electron chi connectivity index (χ2n) is 5.99. The van der Waals surface area contributed by atoms with Crippen LogP contribution in [-0.2, 0) is 16.1 Å². The first-order chi connectivity index (χ1) is 11.8. The predicted molar refractivity (Wildman–Crippen MR) is 95.8 cm³/mol. The molecule has 3 N–H and O–H groups in total. The number of carbonyl (C=O) groups is 1. The van der Waals surface area contributed by atoms with Crippen LogP contribution < -0.4 is 16.0 Å². The quantitative estimate of drug-likeness (QED) is 0.343. The van der Waals surface area contributed by atoms with Crippen molar-refractivity contribution in [3.05, 3.63) is 35.9 Å². The van der Waals surface area contributed by atoms with Crippen LogP contribution in [-0.4, -0.2) is 45.2 Å². The number of amides is 1. The molecule has 6 nitrogen and oxygen atoms in total. The van der Waals surface area contributed by atoms with Crippen molar-refractivity contribution in [1.82, 2.24) is 16.0 Å². The Morgan fingerprint density at radius 2 is 2.00 bits per heavy atom. The van der Waals surface area contributed by atoms with Gasteiger partial charge in [-0.3, -0.25) is 9.79 Å². The molecular formula is C18H28N4O2. The molecule has 0 unspecified atom stereocenters. The Morgan fingerprint density at radius 3 is 2.71 bits per heavy atom. The monoisotopic (exact) mass is 332 g/mol. The highest BCUT2D eigenvalue weighted by Gasteiger charge is 2.20. The van der Waals surface area contributed by atoms with Crippen molar-refractivity contribution < 1.29 is 9.53 Å². The van der Waals surface area contributed by atoms with Crippen LogP contribution in [0.15, 0.2) is 35.3 Å². The second kappa shape index (κ2) is 10.6. The minimum atomic E-state index is -0.0606. The number of carbonyl (C=O) groups excluding carboxylic acids is 1. The molecule has 0 heterocycles. The third-order valence-corrected chi connectivity index (χ3v) is 3.78. The van der Waals surface area contributed by atoms with Gasteiger partial charge in [0.1, 0.15) is 0 Å². The number of nitrogens with zero attached hydrogens (tertiary/aromatic N) is 1. The van der Waals surface area contributed by atoms with E-state index in [-0.39, 0.29) is 12.5 Å². The molecule has 1 aromatic rings. The summed E-state index contributed by atoms with van der Waals surface area (Å²) in [4.78, 5) is 16.0. The van der Waals surface area contributed by atoms with E-state index in [1.54, 1.807) is 7.05 Å². The molecule has 1 fully saturated rings. The van der Waals surface area contributed by atoms with Gasteiger partial charge in [-0.15, -0.1) is 0 Å². The van der Waals surface area contributed by atoms with E-state index in [9.17, 15) is 4.79 Å². The van der Waals surface area contributed by atoms with E-state index in [2.05, 4.69) is 20.9 Å². The molecule has 1 aliphatic carbocycles. The first kappa shape index (κ1) is 18.3. The Labute approximate surface area is 144 Å². The van der Waals surface area contributed by atoms with E-state index < -0.39 is 0 Å². The number of aliphatic imine (C=N–C) groups is 1. The lowest BCUT2D eigenvalue weighted by atomic mass is 10.2. The van der Waals surface area contributed by atoms with E-state index in [0.717, 1.165) is 37.7 Å². The highest BCUT2D eigenvalue weighted by atomic mass is 16.5. The molecule has 0 aliphatic heterocycles. The number of rotatable bonds is 10.